The maximum Gasteiger partial charge on any atom is 0.0896 e. The first kappa shape index (κ1) is 27.3. The van der Waals surface area contributed by atoms with Crippen LogP contribution in [-0.2, 0) is 17.7 Å². The minimum absolute atomic E-state index is 0.761. The Morgan fingerprint density at radius 2 is 1.70 bits per heavy atom. The smallest absolute Gasteiger partial charge is 0.0896 e. The molecule has 0 radical (unpaired) electrons. The molecule has 1 fully saturated rings. The van der Waals surface area contributed by atoms with Gasteiger partial charge in [-0.15, -0.1) is 6.58 Å². The first-order valence-electron chi connectivity index (χ1n) is 14.5. The second-order valence-corrected chi connectivity index (χ2v) is 10.4. The number of unbranched alkanes of at least 4 members (excludes halogenated alkanes) is 8. The Bertz CT molecular complexity index is 1090. The minimum Gasteiger partial charge on any atom is -0.378 e. The van der Waals surface area contributed by atoms with Crippen molar-refractivity contribution in [2.75, 3.05) is 26.3 Å². The molecular formula is C32H46N4O. The molecule has 2 aliphatic heterocycles. The number of nitrogens with one attached hydrogen (secondary N) is 1. The summed E-state index contributed by atoms with van der Waals surface area (Å²) in [5, 5.41) is 0. The van der Waals surface area contributed by atoms with Gasteiger partial charge in [-0.1, -0.05) is 64.4 Å². The zero-order chi connectivity index (χ0) is 25.9. The van der Waals surface area contributed by atoms with Gasteiger partial charge >= 0.3 is 0 Å². The summed E-state index contributed by atoms with van der Waals surface area (Å²) in [7, 11) is 0. The molecule has 4 heterocycles. The van der Waals surface area contributed by atoms with Crippen LogP contribution in [0.3, 0.4) is 0 Å². The number of ether oxygens (including phenoxy) is 1. The molecule has 0 aliphatic carbocycles. The topological polar surface area (TPSA) is 45.5 Å². The summed E-state index contributed by atoms with van der Waals surface area (Å²) in [6, 6.07) is 8.78. The quantitative estimate of drug-likeness (QED) is 0.203. The van der Waals surface area contributed by atoms with Crippen molar-refractivity contribution in [1.82, 2.24) is 14.5 Å². The van der Waals surface area contributed by atoms with E-state index in [0.717, 1.165) is 62.1 Å². The maximum atomic E-state index is 5.62. The third-order valence-corrected chi connectivity index (χ3v) is 7.51. The number of nitrogens with zero attached hydrogens (tertiary/aromatic N) is 3. The highest BCUT2D eigenvalue weighted by Gasteiger charge is 2.24. The molecule has 37 heavy (non-hydrogen) atoms. The number of hydrogen-bond donors (Lipinski definition) is 1. The monoisotopic (exact) mass is 502 g/mol. The van der Waals surface area contributed by atoms with E-state index in [-0.39, 0.29) is 0 Å². The van der Waals surface area contributed by atoms with Gasteiger partial charge < -0.3 is 19.2 Å². The van der Waals surface area contributed by atoms with Gasteiger partial charge in [-0.2, -0.15) is 0 Å². The Kier molecular flexibility index (Phi) is 10.5. The number of allylic oxidation sites excluding steroid dienone is 2. The van der Waals surface area contributed by atoms with Gasteiger partial charge in [0.1, 0.15) is 0 Å². The summed E-state index contributed by atoms with van der Waals surface area (Å²) >= 11 is 0. The van der Waals surface area contributed by atoms with Gasteiger partial charge in [-0.25, -0.2) is 4.99 Å². The lowest BCUT2D eigenvalue weighted by atomic mass is 10.1. The minimum atomic E-state index is 0.761. The molecule has 0 spiro atoms. The molecule has 1 N–H and O–H groups in total. The summed E-state index contributed by atoms with van der Waals surface area (Å²) in [6.07, 6.45) is 19.8. The fourth-order valence-electron chi connectivity index (χ4n) is 5.34. The van der Waals surface area contributed by atoms with Gasteiger partial charge in [0.25, 0.3) is 0 Å². The van der Waals surface area contributed by atoms with E-state index < -0.39 is 0 Å². The van der Waals surface area contributed by atoms with Crippen molar-refractivity contribution in [1.29, 1.82) is 0 Å². The highest BCUT2D eigenvalue weighted by Crippen LogP contribution is 2.29. The number of morpholine rings is 1. The van der Waals surface area contributed by atoms with Gasteiger partial charge in [0, 0.05) is 36.7 Å². The molecule has 1 saturated heterocycles. The first-order valence-corrected chi connectivity index (χ1v) is 14.5. The second kappa shape index (κ2) is 14.2. The van der Waals surface area contributed by atoms with Crippen LogP contribution in [0.15, 0.2) is 59.4 Å². The van der Waals surface area contributed by atoms with E-state index in [9.17, 15) is 0 Å². The number of aromatic amines is 1. The fraction of sp³-hybridized carbons (Fsp3) is 0.531. The lowest BCUT2D eigenvalue weighted by molar-refractivity contribution is 0.0550. The Hall–Kier alpha value is -2.79. The van der Waals surface area contributed by atoms with Crippen molar-refractivity contribution in [2.24, 2.45) is 4.99 Å². The normalized spacial score (nSPS) is 16.9. The predicted octanol–water partition coefficient (Wildman–Crippen LogP) is 7.44. The standard InChI is InChI=1S/C32H46N4O/c1-4-6-7-8-9-10-11-12-13-14-27-16-17-28(33-27)24-29-32(35-20-22-37-23-21-35)25-30(34-29)31-18-15-26(3)36(31)19-5-2/h5,15-18,24-25,33H,2,4,6-14,19-23H2,1,3H3/b29-24-. The number of aromatic nitrogens is 2. The molecule has 0 aromatic carbocycles. The van der Waals surface area contributed by atoms with Crippen molar-refractivity contribution in [3.63, 3.8) is 0 Å². The van der Waals surface area contributed by atoms with E-state index in [1.165, 1.54) is 74.9 Å². The molecule has 2 aromatic heterocycles. The van der Waals surface area contributed by atoms with Crippen LogP contribution in [0.5, 0.6) is 0 Å². The molecule has 2 aromatic rings. The largest absolute Gasteiger partial charge is 0.378 e. The van der Waals surface area contributed by atoms with Crippen LogP contribution in [0.25, 0.3) is 6.08 Å². The molecule has 4 rings (SSSR count). The Labute approximate surface area is 224 Å². The Balaban J connectivity index is 1.40. The predicted molar refractivity (Wildman–Crippen MR) is 156 cm³/mol. The molecule has 2 aliphatic rings. The van der Waals surface area contributed by atoms with E-state index in [1.807, 2.05) is 6.08 Å². The molecule has 0 saturated carbocycles. The lowest BCUT2D eigenvalue weighted by Crippen LogP contribution is -2.35. The highest BCUT2D eigenvalue weighted by atomic mass is 16.5. The van der Waals surface area contributed by atoms with Crippen LogP contribution in [0, 0.1) is 6.92 Å². The summed E-state index contributed by atoms with van der Waals surface area (Å²) in [6.45, 7) is 12.5. The summed E-state index contributed by atoms with van der Waals surface area (Å²) < 4.78 is 7.90. The van der Waals surface area contributed by atoms with Crippen LogP contribution in [0.4, 0.5) is 0 Å². The second-order valence-electron chi connectivity index (χ2n) is 10.4. The van der Waals surface area contributed by atoms with Gasteiger partial charge in [0.05, 0.1) is 36.0 Å². The van der Waals surface area contributed by atoms with Gasteiger partial charge in [0.15, 0.2) is 0 Å². The van der Waals surface area contributed by atoms with Crippen molar-refractivity contribution < 1.29 is 4.74 Å². The van der Waals surface area contributed by atoms with Crippen LogP contribution >= 0.6 is 0 Å². The summed E-state index contributed by atoms with van der Waals surface area (Å²) in [4.78, 5) is 11.2. The number of hydrogen-bond acceptors (Lipinski definition) is 3. The van der Waals surface area contributed by atoms with E-state index >= 15 is 0 Å². The third-order valence-electron chi connectivity index (χ3n) is 7.51. The maximum absolute atomic E-state index is 5.62. The van der Waals surface area contributed by atoms with E-state index in [2.05, 4.69) is 71.3 Å². The molecule has 5 nitrogen and oxygen atoms in total. The average Bonchev–Trinajstić information content (AvgIpc) is 3.63. The SMILES string of the molecule is C=CCn1c(C)ccc1C1=N/C(=C\c2ccc(CCCCCCCCCCC)[nH]2)C(N2CCOCC2)=C1. The molecule has 0 unspecified atom stereocenters. The molecule has 200 valence electrons. The van der Waals surface area contributed by atoms with Crippen molar-refractivity contribution in [3.8, 4) is 0 Å². The van der Waals surface area contributed by atoms with Gasteiger partial charge in [0.2, 0.25) is 0 Å². The number of aliphatic imine (C=N–C) groups is 1. The van der Waals surface area contributed by atoms with Crippen LogP contribution < -0.4 is 0 Å². The first-order chi connectivity index (χ1) is 18.2. The summed E-state index contributed by atoms with van der Waals surface area (Å²) in [5.74, 6) is 0. The zero-order valence-corrected chi connectivity index (χ0v) is 23.1. The summed E-state index contributed by atoms with van der Waals surface area (Å²) in [5.41, 5.74) is 8.05. The average molecular weight is 503 g/mol. The van der Waals surface area contributed by atoms with Crippen molar-refractivity contribution in [3.05, 3.63) is 77.2 Å². The molecule has 5 heteroatoms. The van der Waals surface area contributed by atoms with Crippen molar-refractivity contribution >= 4 is 11.8 Å². The molecule has 0 bridgehead atoms. The number of aryl methyl sites for hydroxylation is 2. The van der Waals surface area contributed by atoms with E-state index in [4.69, 9.17) is 9.73 Å². The number of H-pyrrole nitrogens is 1. The molecule has 0 atom stereocenters. The number of rotatable bonds is 15. The Morgan fingerprint density at radius 3 is 2.43 bits per heavy atom. The van der Waals surface area contributed by atoms with Crippen LogP contribution in [0.2, 0.25) is 0 Å². The molecular weight excluding hydrogens is 456 g/mol. The van der Waals surface area contributed by atoms with Crippen LogP contribution in [0.1, 0.15) is 87.5 Å². The van der Waals surface area contributed by atoms with Gasteiger partial charge in [-0.05, 0) is 56.2 Å². The van der Waals surface area contributed by atoms with Crippen molar-refractivity contribution in [2.45, 2.75) is 84.6 Å². The van der Waals surface area contributed by atoms with Crippen LogP contribution in [-0.4, -0.2) is 46.5 Å². The van der Waals surface area contributed by atoms with E-state index in [0.29, 0.717) is 0 Å². The highest BCUT2D eigenvalue weighted by molar-refractivity contribution is 6.11. The van der Waals surface area contributed by atoms with E-state index in [1.54, 1.807) is 0 Å². The zero-order valence-electron chi connectivity index (χ0n) is 23.1. The third kappa shape index (κ3) is 7.61. The Morgan fingerprint density at radius 1 is 0.973 bits per heavy atom. The van der Waals surface area contributed by atoms with Gasteiger partial charge in [-0.3, -0.25) is 0 Å². The fourth-order valence-corrected chi connectivity index (χ4v) is 5.34. The lowest BCUT2D eigenvalue weighted by Gasteiger charge is -2.29. The molecule has 0 amide bonds.